The average molecular weight is 253 g/mol. The van der Waals surface area contributed by atoms with Crippen LogP contribution in [0.15, 0.2) is 30.3 Å². The molecule has 1 unspecified atom stereocenters. The van der Waals surface area contributed by atoms with Crippen LogP contribution >= 0.6 is 0 Å². The zero-order chi connectivity index (χ0) is 12.4. The third kappa shape index (κ3) is 4.24. The first-order chi connectivity index (χ1) is 7.20. The van der Waals surface area contributed by atoms with E-state index in [9.17, 15) is 0 Å². The van der Waals surface area contributed by atoms with Crippen LogP contribution in [0.5, 0.6) is 0 Å². The van der Waals surface area contributed by atoms with Crippen LogP contribution in [0, 0.1) is 0 Å². The van der Waals surface area contributed by atoms with Gasteiger partial charge in [-0.05, 0) is 25.2 Å². The lowest BCUT2D eigenvalue weighted by atomic mass is 10.2. The van der Waals surface area contributed by atoms with Crippen LogP contribution in [-0.4, -0.2) is 16.4 Å². The van der Waals surface area contributed by atoms with Crippen molar-refractivity contribution in [1.29, 1.82) is 0 Å². The Hall–Kier alpha value is -0.386. The van der Waals surface area contributed by atoms with Gasteiger partial charge < -0.3 is 4.43 Å². The Morgan fingerprint density at radius 2 is 1.38 bits per heavy atom. The van der Waals surface area contributed by atoms with Crippen LogP contribution in [0.2, 0.25) is 39.3 Å². The van der Waals surface area contributed by atoms with E-state index >= 15 is 0 Å². The summed E-state index contributed by atoms with van der Waals surface area (Å²) >= 11 is 0. The summed E-state index contributed by atoms with van der Waals surface area (Å²) in [5, 5.41) is 0. The highest BCUT2D eigenvalue weighted by Gasteiger charge is 2.32. The van der Waals surface area contributed by atoms with Crippen molar-refractivity contribution in [2.75, 3.05) is 0 Å². The van der Waals surface area contributed by atoms with Crippen LogP contribution in [0.25, 0.3) is 0 Å². The summed E-state index contributed by atoms with van der Waals surface area (Å²) < 4.78 is 6.39. The average Bonchev–Trinajstić information content (AvgIpc) is 2.13. The molecule has 0 aliphatic heterocycles. The molecule has 0 aliphatic carbocycles. The monoisotopic (exact) mass is 252 g/mol. The second kappa shape index (κ2) is 4.86. The molecule has 1 aromatic carbocycles. The molecule has 0 aliphatic rings. The molecular formula is C13H24OSi2. The van der Waals surface area contributed by atoms with Gasteiger partial charge in [0.05, 0.1) is 13.8 Å². The molecule has 3 heteroatoms. The van der Waals surface area contributed by atoms with Crippen LogP contribution < -0.4 is 0 Å². The standard InChI is InChI=1S/C13H24OSi2/c1-15(2,3)13(14-16(4,5)6)12-10-8-7-9-11-12/h7-11,13H,1-6H3. The van der Waals surface area contributed by atoms with E-state index in [1.807, 2.05) is 0 Å². The Morgan fingerprint density at radius 1 is 0.875 bits per heavy atom. The zero-order valence-corrected chi connectivity index (χ0v) is 13.4. The summed E-state index contributed by atoms with van der Waals surface area (Å²) in [6.45, 7) is 13.9. The van der Waals surface area contributed by atoms with Crippen molar-refractivity contribution in [3.05, 3.63) is 35.9 Å². The maximum absolute atomic E-state index is 6.39. The van der Waals surface area contributed by atoms with Crippen molar-refractivity contribution in [2.24, 2.45) is 0 Å². The molecule has 0 N–H and O–H groups in total. The first-order valence-corrected chi connectivity index (χ1v) is 12.9. The van der Waals surface area contributed by atoms with E-state index in [1.54, 1.807) is 0 Å². The fourth-order valence-electron chi connectivity index (χ4n) is 1.73. The maximum Gasteiger partial charge on any atom is 0.184 e. The van der Waals surface area contributed by atoms with Crippen molar-refractivity contribution in [3.8, 4) is 0 Å². The summed E-state index contributed by atoms with van der Waals surface area (Å²) in [6.07, 6.45) is 0. The van der Waals surface area contributed by atoms with E-state index in [-0.39, 0.29) is 0 Å². The van der Waals surface area contributed by atoms with Gasteiger partial charge in [-0.25, -0.2) is 0 Å². The predicted octanol–water partition coefficient (Wildman–Crippen LogP) is 4.46. The van der Waals surface area contributed by atoms with E-state index in [1.165, 1.54) is 5.56 Å². The lowest BCUT2D eigenvalue weighted by Crippen LogP contribution is -2.40. The Balaban J connectivity index is 2.98. The van der Waals surface area contributed by atoms with E-state index in [2.05, 4.69) is 69.6 Å². The van der Waals surface area contributed by atoms with Gasteiger partial charge in [-0.3, -0.25) is 0 Å². The van der Waals surface area contributed by atoms with E-state index in [0.717, 1.165) is 0 Å². The molecule has 0 fully saturated rings. The minimum absolute atomic E-state index is 0.334. The summed E-state index contributed by atoms with van der Waals surface area (Å²) in [7, 11) is -2.80. The molecule has 0 bridgehead atoms. The Labute approximate surface area is 102 Å². The quantitative estimate of drug-likeness (QED) is 0.719. The second-order valence-electron chi connectivity index (χ2n) is 6.39. The molecule has 0 radical (unpaired) electrons. The van der Waals surface area contributed by atoms with Gasteiger partial charge in [-0.15, -0.1) is 0 Å². The summed E-state index contributed by atoms with van der Waals surface area (Å²) in [6, 6.07) is 10.7. The largest absolute Gasteiger partial charge is 0.414 e. The predicted molar refractivity (Wildman–Crippen MR) is 77.0 cm³/mol. The topological polar surface area (TPSA) is 9.23 Å². The Bertz CT molecular complexity index is 322. The summed E-state index contributed by atoms with van der Waals surface area (Å²) in [5.74, 6) is 0. The first kappa shape index (κ1) is 13.7. The van der Waals surface area contributed by atoms with E-state index in [4.69, 9.17) is 4.43 Å². The smallest absolute Gasteiger partial charge is 0.184 e. The normalized spacial score (nSPS) is 14.9. The van der Waals surface area contributed by atoms with Crippen LogP contribution in [0.4, 0.5) is 0 Å². The van der Waals surface area contributed by atoms with E-state index in [0.29, 0.717) is 5.73 Å². The van der Waals surface area contributed by atoms with Crippen LogP contribution in [-0.2, 0) is 4.43 Å². The van der Waals surface area contributed by atoms with Gasteiger partial charge >= 0.3 is 0 Å². The van der Waals surface area contributed by atoms with Gasteiger partial charge in [-0.1, -0.05) is 50.0 Å². The molecule has 1 nitrogen and oxygen atoms in total. The number of benzene rings is 1. The van der Waals surface area contributed by atoms with Crippen LogP contribution in [0.3, 0.4) is 0 Å². The second-order valence-corrected chi connectivity index (χ2v) is 16.1. The highest BCUT2D eigenvalue weighted by molar-refractivity contribution is 6.78. The molecule has 16 heavy (non-hydrogen) atoms. The molecule has 0 aromatic heterocycles. The van der Waals surface area contributed by atoms with Gasteiger partial charge in [0.1, 0.15) is 0 Å². The van der Waals surface area contributed by atoms with Crippen molar-refractivity contribution in [1.82, 2.24) is 0 Å². The summed E-state index contributed by atoms with van der Waals surface area (Å²) in [4.78, 5) is 0. The molecule has 0 spiro atoms. The van der Waals surface area contributed by atoms with Gasteiger partial charge in [-0.2, -0.15) is 0 Å². The van der Waals surface area contributed by atoms with Gasteiger partial charge in [0, 0.05) is 0 Å². The minimum atomic E-state index is -1.48. The van der Waals surface area contributed by atoms with Crippen molar-refractivity contribution in [2.45, 2.75) is 45.0 Å². The molecule has 90 valence electrons. The molecule has 1 atom stereocenters. The van der Waals surface area contributed by atoms with Gasteiger partial charge in [0.2, 0.25) is 0 Å². The third-order valence-corrected chi connectivity index (χ3v) is 5.56. The highest BCUT2D eigenvalue weighted by Crippen LogP contribution is 2.31. The van der Waals surface area contributed by atoms with Crippen LogP contribution in [0.1, 0.15) is 11.3 Å². The molecular weight excluding hydrogens is 228 g/mol. The first-order valence-electron chi connectivity index (χ1n) is 5.93. The molecule has 0 saturated carbocycles. The minimum Gasteiger partial charge on any atom is -0.414 e. The molecule has 1 rings (SSSR count). The Kier molecular flexibility index (Phi) is 4.15. The van der Waals surface area contributed by atoms with Crippen molar-refractivity contribution >= 4 is 16.4 Å². The lowest BCUT2D eigenvalue weighted by molar-refractivity contribution is 0.268. The Morgan fingerprint density at radius 3 is 1.75 bits per heavy atom. The molecule has 0 heterocycles. The molecule has 1 aromatic rings. The summed E-state index contributed by atoms with van der Waals surface area (Å²) in [5.41, 5.74) is 1.68. The highest BCUT2D eigenvalue weighted by atomic mass is 28.4. The maximum atomic E-state index is 6.39. The van der Waals surface area contributed by atoms with Crippen molar-refractivity contribution in [3.63, 3.8) is 0 Å². The van der Waals surface area contributed by atoms with Gasteiger partial charge in [0.15, 0.2) is 8.32 Å². The van der Waals surface area contributed by atoms with Crippen molar-refractivity contribution < 1.29 is 4.43 Å². The number of hydrogen-bond acceptors (Lipinski definition) is 1. The fourth-order valence-corrected chi connectivity index (χ4v) is 6.24. The number of rotatable bonds is 4. The third-order valence-electron chi connectivity index (χ3n) is 2.36. The zero-order valence-electron chi connectivity index (χ0n) is 11.4. The number of hydrogen-bond donors (Lipinski definition) is 0. The van der Waals surface area contributed by atoms with Gasteiger partial charge in [0.25, 0.3) is 0 Å². The molecule has 0 saturated heterocycles. The van der Waals surface area contributed by atoms with E-state index < -0.39 is 16.4 Å². The fraction of sp³-hybridized carbons (Fsp3) is 0.538. The molecule has 0 amide bonds. The lowest BCUT2D eigenvalue weighted by Gasteiger charge is -2.35. The SMILES string of the molecule is C[Si](C)(C)OC(c1ccccc1)[Si](C)(C)C.